The lowest BCUT2D eigenvalue weighted by molar-refractivity contribution is 0.0347. The molecule has 0 amide bonds. The zero-order chi connectivity index (χ0) is 11.9. The largest absolute Gasteiger partial charge is 0.397 e. The third-order valence-corrected chi connectivity index (χ3v) is 3.10. The van der Waals surface area contributed by atoms with Crippen molar-refractivity contribution in [3.8, 4) is 0 Å². The highest BCUT2D eigenvalue weighted by atomic mass is 16.5. The van der Waals surface area contributed by atoms with Gasteiger partial charge in [-0.2, -0.15) is 0 Å². The molecule has 0 spiro atoms. The SMILES string of the molecule is Nc1ccc(NCCOC2CCCCC2)nc1. The van der Waals surface area contributed by atoms with Crippen LogP contribution in [0.5, 0.6) is 0 Å². The summed E-state index contributed by atoms with van der Waals surface area (Å²) in [7, 11) is 0. The summed E-state index contributed by atoms with van der Waals surface area (Å²) in [5.74, 6) is 0.853. The highest BCUT2D eigenvalue weighted by molar-refractivity contribution is 5.43. The van der Waals surface area contributed by atoms with Crippen LogP contribution in [0.4, 0.5) is 11.5 Å². The summed E-state index contributed by atoms with van der Waals surface area (Å²) in [5, 5.41) is 3.22. The molecule has 1 aromatic heterocycles. The number of hydrogen-bond acceptors (Lipinski definition) is 4. The lowest BCUT2D eigenvalue weighted by Crippen LogP contribution is -2.20. The Bertz CT molecular complexity index is 320. The van der Waals surface area contributed by atoms with Gasteiger partial charge in [0.2, 0.25) is 0 Å². The van der Waals surface area contributed by atoms with E-state index in [0.717, 1.165) is 19.0 Å². The highest BCUT2D eigenvalue weighted by Gasteiger charge is 2.12. The van der Waals surface area contributed by atoms with Crippen molar-refractivity contribution in [2.75, 3.05) is 24.2 Å². The average Bonchev–Trinajstić information content (AvgIpc) is 2.38. The second-order valence-corrected chi connectivity index (χ2v) is 4.53. The first-order valence-corrected chi connectivity index (χ1v) is 6.41. The first-order chi connectivity index (χ1) is 8.34. The zero-order valence-electron chi connectivity index (χ0n) is 10.2. The van der Waals surface area contributed by atoms with Crippen molar-refractivity contribution >= 4 is 11.5 Å². The maximum Gasteiger partial charge on any atom is 0.126 e. The second kappa shape index (κ2) is 6.45. The summed E-state index contributed by atoms with van der Waals surface area (Å²) in [6.45, 7) is 1.55. The normalized spacial score (nSPS) is 16.9. The van der Waals surface area contributed by atoms with Crippen LogP contribution >= 0.6 is 0 Å². The van der Waals surface area contributed by atoms with E-state index < -0.39 is 0 Å². The number of nitrogen functional groups attached to an aromatic ring is 1. The lowest BCUT2D eigenvalue weighted by Gasteiger charge is -2.22. The van der Waals surface area contributed by atoms with Crippen LogP contribution in [0.25, 0.3) is 0 Å². The predicted molar refractivity (Wildman–Crippen MR) is 70.0 cm³/mol. The van der Waals surface area contributed by atoms with E-state index in [9.17, 15) is 0 Å². The number of pyridine rings is 1. The average molecular weight is 235 g/mol. The molecule has 4 heteroatoms. The Morgan fingerprint density at radius 1 is 1.29 bits per heavy atom. The molecule has 2 rings (SSSR count). The topological polar surface area (TPSA) is 60.2 Å². The number of rotatable bonds is 5. The third-order valence-electron chi connectivity index (χ3n) is 3.10. The van der Waals surface area contributed by atoms with Gasteiger partial charge < -0.3 is 15.8 Å². The molecule has 94 valence electrons. The molecule has 0 aromatic carbocycles. The van der Waals surface area contributed by atoms with Gasteiger partial charge in [0.05, 0.1) is 24.6 Å². The monoisotopic (exact) mass is 235 g/mol. The molecule has 0 radical (unpaired) electrons. The molecule has 0 atom stereocenters. The molecule has 1 aliphatic carbocycles. The third kappa shape index (κ3) is 4.23. The van der Waals surface area contributed by atoms with Crippen molar-refractivity contribution in [2.24, 2.45) is 0 Å². The minimum Gasteiger partial charge on any atom is -0.397 e. The van der Waals surface area contributed by atoms with Crippen molar-refractivity contribution in [1.29, 1.82) is 0 Å². The van der Waals surface area contributed by atoms with Crippen LogP contribution < -0.4 is 11.1 Å². The van der Waals surface area contributed by atoms with Crippen LogP contribution in [0.2, 0.25) is 0 Å². The standard InChI is InChI=1S/C13H21N3O/c14-11-6-7-13(16-10-11)15-8-9-17-12-4-2-1-3-5-12/h6-7,10,12H,1-5,8-9,14H2,(H,15,16). The maximum atomic E-state index is 5.81. The first kappa shape index (κ1) is 12.2. The number of aromatic nitrogens is 1. The molecular formula is C13H21N3O. The fraction of sp³-hybridized carbons (Fsp3) is 0.615. The Balaban J connectivity index is 1.60. The van der Waals surface area contributed by atoms with E-state index >= 15 is 0 Å². The van der Waals surface area contributed by atoms with E-state index in [1.807, 2.05) is 12.1 Å². The summed E-state index contributed by atoms with van der Waals surface area (Å²) in [4.78, 5) is 4.17. The van der Waals surface area contributed by atoms with Crippen LogP contribution in [-0.2, 0) is 4.74 Å². The molecule has 0 saturated heterocycles. The maximum absolute atomic E-state index is 5.81. The minimum absolute atomic E-state index is 0.477. The van der Waals surface area contributed by atoms with Gasteiger partial charge in [-0.1, -0.05) is 19.3 Å². The summed E-state index contributed by atoms with van der Waals surface area (Å²) in [5.41, 5.74) is 6.25. The predicted octanol–water partition coefficient (Wildman–Crippen LogP) is 2.43. The minimum atomic E-state index is 0.477. The number of ether oxygens (including phenoxy) is 1. The molecule has 3 N–H and O–H groups in total. The Morgan fingerprint density at radius 2 is 2.12 bits per heavy atom. The summed E-state index contributed by atoms with van der Waals surface area (Å²) >= 11 is 0. The van der Waals surface area contributed by atoms with Gasteiger partial charge in [-0.15, -0.1) is 0 Å². The summed E-state index contributed by atoms with van der Waals surface area (Å²) in [6, 6.07) is 3.73. The van der Waals surface area contributed by atoms with Gasteiger partial charge in [-0.3, -0.25) is 0 Å². The molecule has 1 aliphatic rings. The van der Waals surface area contributed by atoms with Crippen LogP contribution in [0.1, 0.15) is 32.1 Å². The van der Waals surface area contributed by atoms with E-state index in [1.54, 1.807) is 6.20 Å². The number of nitrogens with one attached hydrogen (secondary N) is 1. The number of nitrogens with two attached hydrogens (primary N) is 1. The molecule has 0 bridgehead atoms. The molecule has 17 heavy (non-hydrogen) atoms. The van der Waals surface area contributed by atoms with E-state index in [4.69, 9.17) is 10.5 Å². The van der Waals surface area contributed by atoms with Crippen LogP contribution in [0, 0.1) is 0 Å². The molecule has 0 unspecified atom stereocenters. The summed E-state index contributed by atoms with van der Waals surface area (Å²) in [6.07, 6.45) is 8.58. The summed E-state index contributed by atoms with van der Waals surface area (Å²) < 4.78 is 5.81. The molecule has 0 aliphatic heterocycles. The van der Waals surface area contributed by atoms with Gasteiger partial charge in [0.25, 0.3) is 0 Å². The molecule has 1 saturated carbocycles. The van der Waals surface area contributed by atoms with E-state index in [1.165, 1.54) is 32.1 Å². The molecule has 1 aromatic rings. The van der Waals surface area contributed by atoms with Gasteiger partial charge >= 0.3 is 0 Å². The van der Waals surface area contributed by atoms with Crippen molar-refractivity contribution in [2.45, 2.75) is 38.2 Å². The fourth-order valence-electron chi connectivity index (χ4n) is 2.15. The fourth-order valence-corrected chi connectivity index (χ4v) is 2.15. The lowest BCUT2D eigenvalue weighted by atomic mass is 9.98. The molecule has 4 nitrogen and oxygen atoms in total. The Labute approximate surface area is 103 Å². The Hall–Kier alpha value is -1.29. The van der Waals surface area contributed by atoms with Crippen LogP contribution in [0.3, 0.4) is 0 Å². The Morgan fingerprint density at radius 3 is 2.82 bits per heavy atom. The number of nitrogens with zero attached hydrogens (tertiary/aromatic N) is 1. The Kier molecular flexibility index (Phi) is 4.62. The smallest absolute Gasteiger partial charge is 0.126 e. The van der Waals surface area contributed by atoms with E-state index in [2.05, 4.69) is 10.3 Å². The van der Waals surface area contributed by atoms with Crippen molar-refractivity contribution in [3.05, 3.63) is 18.3 Å². The number of hydrogen-bond donors (Lipinski definition) is 2. The quantitative estimate of drug-likeness (QED) is 0.769. The van der Waals surface area contributed by atoms with E-state index in [-0.39, 0.29) is 0 Å². The molecule has 1 heterocycles. The van der Waals surface area contributed by atoms with Gasteiger partial charge in [0.1, 0.15) is 5.82 Å². The van der Waals surface area contributed by atoms with E-state index in [0.29, 0.717) is 11.8 Å². The van der Waals surface area contributed by atoms with Gasteiger partial charge in [0, 0.05) is 6.54 Å². The number of anilines is 2. The molecule has 1 fully saturated rings. The van der Waals surface area contributed by atoms with Crippen molar-refractivity contribution < 1.29 is 4.74 Å². The van der Waals surface area contributed by atoms with Crippen LogP contribution in [-0.4, -0.2) is 24.2 Å². The van der Waals surface area contributed by atoms with Crippen molar-refractivity contribution in [1.82, 2.24) is 4.98 Å². The zero-order valence-corrected chi connectivity index (χ0v) is 10.2. The second-order valence-electron chi connectivity index (χ2n) is 4.53. The highest BCUT2D eigenvalue weighted by Crippen LogP contribution is 2.19. The van der Waals surface area contributed by atoms with Crippen LogP contribution in [0.15, 0.2) is 18.3 Å². The van der Waals surface area contributed by atoms with Gasteiger partial charge in [-0.25, -0.2) is 4.98 Å². The van der Waals surface area contributed by atoms with Crippen molar-refractivity contribution in [3.63, 3.8) is 0 Å². The molecular weight excluding hydrogens is 214 g/mol. The van der Waals surface area contributed by atoms with Gasteiger partial charge in [0.15, 0.2) is 0 Å². The van der Waals surface area contributed by atoms with Gasteiger partial charge in [-0.05, 0) is 25.0 Å². The first-order valence-electron chi connectivity index (χ1n) is 6.41.